The molecule has 0 atom stereocenters. The second-order valence-electron chi connectivity index (χ2n) is 6.30. The van der Waals surface area contributed by atoms with E-state index >= 15 is 0 Å². The van der Waals surface area contributed by atoms with Crippen molar-refractivity contribution in [2.75, 3.05) is 0 Å². The van der Waals surface area contributed by atoms with Crippen molar-refractivity contribution in [3.63, 3.8) is 0 Å². The molecule has 0 saturated heterocycles. The smallest absolute Gasteiger partial charge is 0.303 e. The molecule has 0 bridgehead atoms. The molecule has 0 aromatic rings. The van der Waals surface area contributed by atoms with Gasteiger partial charge in [-0.05, 0) is 50.9 Å². The Hall–Kier alpha value is -0.570. The highest BCUT2D eigenvalue weighted by Crippen LogP contribution is 2.48. The Morgan fingerprint density at radius 3 is 2.29 bits per heavy atom. The number of hydrogen-bond acceptors (Lipinski definition) is 2. The second kappa shape index (κ2) is 5.38. The Balaban J connectivity index is 2.72. The van der Waals surface area contributed by atoms with Gasteiger partial charge in [-0.15, -0.1) is 0 Å². The Morgan fingerprint density at radius 1 is 1.41 bits per heavy atom. The van der Waals surface area contributed by atoms with Crippen LogP contribution in [0.1, 0.15) is 65.7 Å². The summed E-state index contributed by atoms with van der Waals surface area (Å²) in [6.07, 6.45) is 6.93. The van der Waals surface area contributed by atoms with E-state index in [0.29, 0.717) is 0 Å². The van der Waals surface area contributed by atoms with Crippen molar-refractivity contribution >= 4 is 5.97 Å². The standard InChI is InChI=1S/C14H27NO2/c1-4-5-11-6-8-14(9-7-11,10-12(16)17)13(2,3)15/h11H,4-10,15H2,1-3H3,(H,16,17). The number of carbonyl (C=O) groups is 1. The molecule has 0 unspecified atom stereocenters. The number of rotatable bonds is 5. The van der Waals surface area contributed by atoms with E-state index in [2.05, 4.69) is 6.92 Å². The molecular weight excluding hydrogens is 214 g/mol. The summed E-state index contributed by atoms with van der Waals surface area (Å²) in [6.45, 7) is 6.18. The Labute approximate surface area is 105 Å². The minimum atomic E-state index is -0.711. The molecule has 0 aromatic heterocycles. The van der Waals surface area contributed by atoms with Crippen LogP contribution >= 0.6 is 0 Å². The van der Waals surface area contributed by atoms with Gasteiger partial charge in [0.2, 0.25) is 0 Å². The third-order valence-electron chi connectivity index (χ3n) is 4.62. The van der Waals surface area contributed by atoms with Gasteiger partial charge in [0, 0.05) is 5.54 Å². The summed E-state index contributed by atoms with van der Waals surface area (Å²) in [4.78, 5) is 11.1. The molecular formula is C14H27NO2. The van der Waals surface area contributed by atoms with Gasteiger partial charge in [0.05, 0.1) is 6.42 Å². The average molecular weight is 241 g/mol. The Bertz CT molecular complexity index is 260. The van der Waals surface area contributed by atoms with Crippen LogP contribution in [-0.2, 0) is 4.79 Å². The third-order valence-corrected chi connectivity index (χ3v) is 4.62. The van der Waals surface area contributed by atoms with E-state index in [4.69, 9.17) is 10.8 Å². The minimum absolute atomic E-state index is 0.205. The molecule has 0 amide bonds. The third kappa shape index (κ3) is 3.44. The molecule has 0 radical (unpaired) electrons. The highest BCUT2D eigenvalue weighted by atomic mass is 16.4. The van der Waals surface area contributed by atoms with E-state index in [1.807, 2.05) is 13.8 Å². The first-order valence-electron chi connectivity index (χ1n) is 6.81. The number of carboxylic acids is 1. The molecule has 3 heteroatoms. The maximum Gasteiger partial charge on any atom is 0.303 e. The van der Waals surface area contributed by atoms with Crippen molar-refractivity contribution in [1.29, 1.82) is 0 Å². The van der Waals surface area contributed by atoms with Crippen molar-refractivity contribution in [2.24, 2.45) is 17.1 Å². The first kappa shape index (κ1) is 14.5. The van der Waals surface area contributed by atoms with Crippen LogP contribution in [0.2, 0.25) is 0 Å². The normalized spacial score (nSPS) is 30.2. The predicted octanol–water partition coefficient (Wildman–Crippen LogP) is 3.18. The zero-order valence-corrected chi connectivity index (χ0v) is 11.5. The van der Waals surface area contributed by atoms with Crippen molar-refractivity contribution in [3.05, 3.63) is 0 Å². The fourth-order valence-electron chi connectivity index (χ4n) is 3.27. The van der Waals surface area contributed by atoms with Crippen molar-refractivity contribution in [2.45, 2.75) is 71.3 Å². The molecule has 100 valence electrons. The first-order chi connectivity index (χ1) is 7.81. The average Bonchev–Trinajstić information content (AvgIpc) is 2.19. The lowest BCUT2D eigenvalue weighted by Crippen LogP contribution is -2.53. The highest BCUT2D eigenvalue weighted by Gasteiger charge is 2.46. The van der Waals surface area contributed by atoms with Crippen molar-refractivity contribution in [1.82, 2.24) is 0 Å². The molecule has 0 spiro atoms. The van der Waals surface area contributed by atoms with Crippen LogP contribution in [0.4, 0.5) is 0 Å². The lowest BCUT2D eigenvalue weighted by Gasteiger charge is -2.48. The van der Waals surface area contributed by atoms with Crippen molar-refractivity contribution < 1.29 is 9.90 Å². The predicted molar refractivity (Wildman–Crippen MR) is 69.8 cm³/mol. The van der Waals surface area contributed by atoms with Gasteiger partial charge in [-0.3, -0.25) is 4.79 Å². The zero-order chi connectivity index (χ0) is 13.1. The van der Waals surface area contributed by atoms with Gasteiger partial charge in [-0.2, -0.15) is 0 Å². The number of carboxylic acid groups (broad SMARTS) is 1. The lowest BCUT2D eigenvalue weighted by atomic mass is 9.59. The SMILES string of the molecule is CCCC1CCC(CC(=O)O)(C(C)(C)N)CC1. The minimum Gasteiger partial charge on any atom is -0.481 e. The number of nitrogens with two attached hydrogens (primary N) is 1. The number of aliphatic carboxylic acids is 1. The summed E-state index contributed by atoms with van der Waals surface area (Å²) < 4.78 is 0. The molecule has 3 N–H and O–H groups in total. The van der Waals surface area contributed by atoms with Crippen LogP contribution in [-0.4, -0.2) is 16.6 Å². The Kier molecular flexibility index (Phi) is 4.59. The van der Waals surface area contributed by atoms with E-state index < -0.39 is 11.5 Å². The van der Waals surface area contributed by atoms with Gasteiger partial charge in [0.15, 0.2) is 0 Å². The molecule has 1 rings (SSSR count). The van der Waals surface area contributed by atoms with Gasteiger partial charge in [0.1, 0.15) is 0 Å². The summed E-state index contributed by atoms with van der Waals surface area (Å²) in [5.74, 6) is 0.0711. The van der Waals surface area contributed by atoms with Crippen molar-refractivity contribution in [3.8, 4) is 0 Å². The monoisotopic (exact) mass is 241 g/mol. The van der Waals surface area contributed by atoms with Gasteiger partial charge < -0.3 is 10.8 Å². The molecule has 1 aliphatic carbocycles. The highest BCUT2D eigenvalue weighted by molar-refractivity contribution is 5.68. The quantitative estimate of drug-likeness (QED) is 0.777. The Morgan fingerprint density at radius 2 is 1.94 bits per heavy atom. The van der Waals surface area contributed by atoms with Crippen LogP contribution in [0, 0.1) is 11.3 Å². The molecule has 1 saturated carbocycles. The fourth-order valence-corrected chi connectivity index (χ4v) is 3.27. The molecule has 0 aromatic carbocycles. The molecule has 3 nitrogen and oxygen atoms in total. The topological polar surface area (TPSA) is 63.3 Å². The van der Waals surface area contributed by atoms with E-state index in [-0.39, 0.29) is 11.8 Å². The van der Waals surface area contributed by atoms with Crippen LogP contribution in [0.3, 0.4) is 0 Å². The van der Waals surface area contributed by atoms with Crippen LogP contribution in [0.25, 0.3) is 0 Å². The maximum atomic E-state index is 11.1. The second-order valence-corrected chi connectivity index (χ2v) is 6.30. The molecule has 0 heterocycles. The van der Waals surface area contributed by atoms with E-state index in [1.165, 1.54) is 12.8 Å². The summed E-state index contributed by atoms with van der Waals surface area (Å²) in [7, 11) is 0. The van der Waals surface area contributed by atoms with Crippen LogP contribution in [0.5, 0.6) is 0 Å². The zero-order valence-electron chi connectivity index (χ0n) is 11.5. The maximum absolute atomic E-state index is 11.1. The van der Waals surface area contributed by atoms with E-state index in [0.717, 1.165) is 31.6 Å². The molecule has 17 heavy (non-hydrogen) atoms. The van der Waals surface area contributed by atoms with Gasteiger partial charge >= 0.3 is 5.97 Å². The number of hydrogen-bond donors (Lipinski definition) is 2. The van der Waals surface area contributed by atoms with Crippen LogP contribution in [0.15, 0.2) is 0 Å². The van der Waals surface area contributed by atoms with Gasteiger partial charge in [0.25, 0.3) is 0 Å². The summed E-state index contributed by atoms with van der Waals surface area (Å²) in [6, 6.07) is 0. The summed E-state index contributed by atoms with van der Waals surface area (Å²) in [5.41, 5.74) is 5.64. The van der Waals surface area contributed by atoms with E-state index in [1.54, 1.807) is 0 Å². The molecule has 1 fully saturated rings. The van der Waals surface area contributed by atoms with E-state index in [9.17, 15) is 4.79 Å². The fraction of sp³-hybridized carbons (Fsp3) is 0.929. The van der Waals surface area contributed by atoms with Gasteiger partial charge in [-0.25, -0.2) is 0 Å². The lowest BCUT2D eigenvalue weighted by molar-refractivity contribution is -0.142. The first-order valence-corrected chi connectivity index (χ1v) is 6.81. The van der Waals surface area contributed by atoms with Crippen LogP contribution < -0.4 is 5.73 Å². The summed E-state index contributed by atoms with van der Waals surface area (Å²) in [5, 5.41) is 9.11. The van der Waals surface area contributed by atoms with Gasteiger partial charge in [-0.1, -0.05) is 19.8 Å². The largest absolute Gasteiger partial charge is 0.481 e. The molecule has 0 aliphatic heterocycles. The molecule has 1 aliphatic rings. The summed E-state index contributed by atoms with van der Waals surface area (Å²) >= 11 is 0.